The first-order chi connectivity index (χ1) is 8.87. The van der Waals surface area contributed by atoms with Crippen molar-refractivity contribution in [1.82, 2.24) is 0 Å². The van der Waals surface area contributed by atoms with E-state index in [9.17, 15) is 0 Å². The predicted molar refractivity (Wildman–Crippen MR) is 81.9 cm³/mol. The van der Waals surface area contributed by atoms with Crippen LogP contribution in [0.15, 0.2) is 22.7 Å². The van der Waals surface area contributed by atoms with Gasteiger partial charge in [-0.3, -0.25) is 0 Å². The van der Waals surface area contributed by atoms with Crippen molar-refractivity contribution < 1.29 is 9.47 Å². The Hall–Kier alpha value is -0.780. The first-order valence-corrected chi connectivity index (χ1v) is 7.18. The molecule has 19 heavy (non-hydrogen) atoms. The van der Waals surface area contributed by atoms with Crippen LogP contribution in [0.5, 0.6) is 0 Å². The van der Waals surface area contributed by atoms with Crippen LogP contribution in [-0.2, 0) is 9.47 Å². The van der Waals surface area contributed by atoms with Gasteiger partial charge in [-0.25, -0.2) is 0 Å². The molecular weight excluding hydrogens is 308 g/mol. The number of nitrogens with zero attached hydrogens (tertiary/aromatic N) is 1. The highest BCUT2D eigenvalue weighted by Gasteiger charge is 2.28. The summed E-state index contributed by atoms with van der Waals surface area (Å²) in [7, 11) is 4.07. The number of hydrogen-bond acceptors (Lipinski definition) is 4. The molecule has 1 fully saturated rings. The SMILES string of the molecule is CN(C)c1ccc(Br)cc1NC1COC(C)(C)OC1. The monoisotopic (exact) mass is 328 g/mol. The molecule has 0 radical (unpaired) electrons. The van der Waals surface area contributed by atoms with E-state index in [4.69, 9.17) is 9.47 Å². The summed E-state index contributed by atoms with van der Waals surface area (Å²) in [5, 5.41) is 3.49. The van der Waals surface area contributed by atoms with Crippen molar-refractivity contribution in [3.63, 3.8) is 0 Å². The summed E-state index contributed by atoms with van der Waals surface area (Å²) in [5.74, 6) is -0.472. The Morgan fingerprint density at radius 2 is 1.89 bits per heavy atom. The molecule has 0 aromatic heterocycles. The maximum atomic E-state index is 5.67. The fraction of sp³-hybridized carbons (Fsp3) is 0.571. The van der Waals surface area contributed by atoms with Crippen LogP contribution in [-0.4, -0.2) is 39.1 Å². The fourth-order valence-electron chi connectivity index (χ4n) is 2.01. The Kier molecular flexibility index (Phi) is 4.38. The Morgan fingerprint density at radius 3 is 2.47 bits per heavy atom. The molecule has 4 nitrogen and oxygen atoms in total. The van der Waals surface area contributed by atoms with Gasteiger partial charge < -0.3 is 19.7 Å². The van der Waals surface area contributed by atoms with E-state index in [1.807, 2.05) is 34.0 Å². The minimum Gasteiger partial charge on any atom is -0.376 e. The van der Waals surface area contributed by atoms with Crippen LogP contribution in [0.1, 0.15) is 13.8 Å². The molecule has 1 saturated heterocycles. The van der Waals surface area contributed by atoms with Gasteiger partial charge in [0.2, 0.25) is 0 Å². The molecule has 0 aliphatic carbocycles. The van der Waals surface area contributed by atoms with Crippen molar-refractivity contribution in [2.45, 2.75) is 25.7 Å². The molecule has 0 amide bonds. The van der Waals surface area contributed by atoms with Gasteiger partial charge in [0.15, 0.2) is 5.79 Å². The molecule has 1 heterocycles. The minimum absolute atomic E-state index is 0.168. The van der Waals surface area contributed by atoms with E-state index in [-0.39, 0.29) is 6.04 Å². The third-order valence-corrected chi connectivity index (χ3v) is 3.56. The molecule has 1 aliphatic heterocycles. The van der Waals surface area contributed by atoms with Gasteiger partial charge in [0, 0.05) is 18.6 Å². The van der Waals surface area contributed by atoms with Gasteiger partial charge >= 0.3 is 0 Å². The highest BCUT2D eigenvalue weighted by atomic mass is 79.9. The van der Waals surface area contributed by atoms with E-state index < -0.39 is 5.79 Å². The zero-order valence-corrected chi connectivity index (χ0v) is 13.5. The van der Waals surface area contributed by atoms with E-state index in [1.54, 1.807) is 0 Å². The van der Waals surface area contributed by atoms with E-state index in [2.05, 4.69) is 38.3 Å². The molecule has 106 valence electrons. The molecule has 1 aromatic rings. The summed E-state index contributed by atoms with van der Waals surface area (Å²) in [4.78, 5) is 2.09. The number of anilines is 2. The summed E-state index contributed by atoms with van der Waals surface area (Å²) < 4.78 is 12.4. The second kappa shape index (κ2) is 5.69. The van der Waals surface area contributed by atoms with Gasteiger partial charge in [0.05, 0.1) is 30.6 Å². The fourth-order valence-corrected chi connectivity index (χ4v) is 2.37. The number of halogens is 1. The average molecular weight is 329 g/mol. The van der Waals surface area contributed by atoms with Crippen LogP contribution in [0.3, 0.4) is 0 Å². The second-order valence-electron chi connectivity index (χ2n) is 5.42. The average Bonchev–Trinajstić information content (AvgIpc) is 2.31. The summed E-state index contributed by atoms with van der Waals surface area (Å²) in [6.07, 6.45) is 0. The number of benzene rings is 1. The van der Waals surface area contributed by atoms with E-state index in [0.717, 1.165) is 15.8 Å². The topological polar surface area (TPSA) is 33.7 Å². The standard InChI is InChI=1S/C14H21BrN2O2/c1-14(2)18-8-11(9-19-14)16-12-7-10(15)5-6-13(12)17(3)4/h5-7,11,16H,8-9H2,1-4H3. The predicted octanol–water partition coefficient (Wildman–Crippen LogP) is 3.08. The zero-order chi connectivity index (χ0) is 14.0. The molecule has 0 atom stereocenters. The molecule has 0 bridgehead atoms. The van der Waals surface area contributed by atoms with Crippen LogP contribution < -0.4 is 10.2 Å². The van der Waals surface area contributed by atoms with Crippen LogP contribution in [0.2, 0.25) is 0 Å². The van der Waals surface area contributed by atoms with Crippen LogP contribution in [0.25, 0.3) is 0 Å². The lowest BCUT2D eigenvalue weighted by molar-refractivity contribution is -0.247. The molecule has 1 aliphatic rings. The number of hydrogen-bond donors (Lipinski definition) is 1. The number of rotatable bonds is 3. The normalized spacial score (nSPS) is 19.2. The molecule has 1 N–H and O–H groups in total. The lowest BCUT2D eigenvalue weighted by atomic mass is 10.2. The largest absolute Gasteiger partial charge is 0.376 e. The van der Waals surface area contributed by atoms with Gasteiger partial charge in [-0.1, -0.05) is 15.9 Å². The van der Waals surface area contributed by atoms with Crippen molar-refractivity contribution in [3.8, 4) is 0 Å². The van der Waals surface area contributed by atoms with E-state index in [1.165, 1.54) is 0 Å². The van der Waals surface area contributed by atoms with Crippen molar-refractivity contribution >= 4 is 27.3 Å². The van der Waals surface area contributed by atoms with Crippen molar-refractivity contribution in [2.75, 3.05) is 37.5 Å². The zero-order valence-electron chi connectivity index (χ0n) is 11.9. The molecule has 1 aromatic carbocycles. The Labute approximate surface area is 123 Å². The molecule has 5 heteroatoms. The van der Waals surface area contributed by atoms with Gasteiger partial charge in [-0.05, 0) is 32.0 Å². The first-order valence-electron chi connectivity index (χ1n) is 6.39. The number of nitrogens with one attached hydrogen (secondary N) is 1. The summed E-state index contributed by atoms with van der Waals surface area (Å²) in [5.41, 5.74) is 2.23. The third kappa shape index (κ3) is 3.84. The maximum Gasteiger partial charge on any atom is 0.162 e. The Balaban J connectivity index is 2.09. The second-order valence-corrected chi connectivity index (χ2v) is 6.33. The number of ether oxygens (including phenoxy) is 2. The third-order valence-electron chi connectivity index (χ3n) is 3.06. The first kappa shape index (κ1) is 14.6. The van der Waals surface area contributed by atoms with Gasteiger partial charge in [0.1, 0.15) is 0 Å². The van der Waals surface area contributed by atoms with Crippen molar-refractivity contribution in [3.05, 3.63) is 22.7 Å². The summed E-state index contributed by atoms with van der Waals surface area (Å²) in [6, 6.07) is 6.37. The summed E-state index contributed by atoms with van der Waals surface area (Å²) >= 11 is 3.51. The lowest BCUT2D eigenvalue weighted by Gasteiger charge is -2.36. The van der Waals surface area contributed by atoms with E-state index >= 15 is 0 Å². The van der Waals surface area contributed by atoms with Gasteiger partial charge in [-0.2, -0.15) is 0 Å². The van der Waals surface area contributed by atoms with Crippen LogP contribution >= 0.6 is 15.9 Å². The van der Waals surface area contributed by atoms with Crippen molar-refractivity contribution in [2.24, 2.45) is 0 Å². The molecule has 0 spiro atoms. The van der Waals surface area contributed by atoms with Crippen LogP contribution in [0.4, 0.5) is 11.4 Å². The molecular formula is C14H21BrN2O2. The molecule has 0 unspecified atom stereocenters. The Bertz CT molecular complexity index is 439. The minimum atomic E-state index is -0.472. The van der Waals surface area contributed by atoms with Crippen molar-refractivity contribution in [1.29, 1.82) is 0 Å². The van der Waals surface area contributed by atoms with Gasteiger partial charge in [-0.15, -0.1) is 0 Å². The lowest BCUT2D eigenvalue weighted by Crippen LogP contribution is -2.45. The highest BCUT2D eigenvalue weighted by molar-refractivity contribution is 9.10. The molecule has 0 saturated carbocycles. The van der Waals surface area contributed by atoms with Gasteiger partial charge in [0.25, 0.3) is 0 Å². The van der Waals surface area contributed by atoms with E-state index in [0.29, 0.717) is 13.2 Å². The quantitative estimate of drug-likeness (QED) is 0.924. The summed E-state index contributed by atoms with van der Waals surface area (Å²) in [6.45, 7) is 5.17. The highest BCUT2D eigenvalue weighted by Crippen LogP contribution is 2.29. The Morgan fingerprint density at radius 1 is 1.26 bits per heavy atom. The smallest absolute Gasteiger partial charge is 0.162 e. The molecule has 2 rings (SSSR count). The van der Waals surface area contributed by atoms with Crippen LogP contribution in [0, 0.1) is 0 Å². The maximum absolute atomic E-state index is 5.67.